The van der Waals surface area contributed by atoms with Gasteiger partial charge >= 0.3 is 0 Å². The van der Waals surface area contributed by atoms with E-state index in [1.807, 2.05) is 42.5 Å². The molecular formula is C16H11Br2NO. The van der Waals surface area contributed by atoms with Crippen molar-refractivity contribution in [2.24, 2.45) is 0 Å². The topological polar surface area (TPSA) is 32.9 Å². The van der Waals surface area contributed by atoms with E-state index in [1.54, 1.807) is 6.20 Å². The van der Waals surface area contributed by atoms with Crippen LogP contribution >= 0.6 is 31.9 Å². The van der Waals surface area contributed by atoms with Gasteiger partial charge in [0.25, 0.3) is 0 Å². The number of halogens is 2. The molecule has 0 radical (unpaired) electrons. The Labute approximate surface area is 133 Å². The maximum absolute atomic E-state index is 12.5. The molecule has 0 aliphatic rings. The molecule has 0 bridgehead atoms. The van der Waals surface area contributed by atoms with Crippen molar-refractivity contribution in [3.05, 3.63) is 68.7 Å². The van der Waals surface area contributed by atoms with E-state index in [-0.39, 0.29) is 5.78 Å². The molecule has 2 nitrogen and oxygen atoms in total. The quantitative estimate of drug-likeness (QED) is 0.616. The van der Waals surface area contributed by atoms with Gasteiger partial charge in [-0.25, -0.2) is 0 Å². The van der Waals surface area contributed by atoms with Crippen LogP contribution in [0.5, 0.6) is 0 Å². The minimum atomic E-state index is 0.118. The van der Waals surface area contributed by atoms with Gasteiger partial charge in [0.1, 0.15) is 0 Å². The van der Waals surface area contributed by atoms with Gasteiger partial charge in [0.05, 0.1) is 0 Å². The van der Waals surface area contributed by atoms with Crippen LogP contribution in [0.4, 0.5) is 0 Å². The van der Waals surface area contributed by atoms with Crippen LogP contribution in [0.2, 0.25) is 0 Å². The molecule has 2 aromatic carbocycles. The van der Waals surface area contributed by atoms with Crippen molar-refractivity contribution < 1.29 is 4.79 Å². The number of carbonyl (C=O) groups excluding carboxylic acids is 1. The second-order valence-corrected chi connectivity index (χ2v) is 6.45. The first-order chi connectivity index (χ1) is 9.63. The highest BCUT2D eigenvalue weighted by atomic mass is 79.9. The van der Waals surface area contributed by atoms with E-state index in [0.717, 1.165) is 31.0 Å². The summed E-state index contributed by atoms with van der Waals surface area (Å²) in [6.07, 6.45) is 2.19. The first-order valence-electron chi connectivity index (χ1n) is 6.18. The molecule has 1 N–H and O–H groups in total. The summed E-state index contributed by atoms with van der Waals surface area (Å²) in [6, 6.07) is 13.7. The third kappa shape index (κ3) is 2.72. The molecule has 0 saturated heterocycles. The van der Waals surface area contributed by atoms with Gasteiger partial charge < -0.3 is 4.98 Å². The molecule has 0 aliphatic carbocycles. The Kier molecular flexibility index (Phi) is 3.76. The highest BCUT2D eigenvalue weighted by molar-refractivity contribution is 9.10. The number of benzene rings is 2. The van der Waals surface area contributed by atoms with Gasteiger partial charge in [0.15, 0.2) is 5.78 Å². The average molecular weight is 393 g/mol. The Bertz CT molecular complexity index is 792. The molecule has 100 valence electrons. The minimum absolute atomic E-state index is 0.118. The number of Topliss-reactive ketones (excluding diaryl/α,β-unsaturated/α-hetero) is 1. The van der Waals surface area contributed by atoms with E-state index < -0.39 is 0 Å². The van der Waals surface area contributed by atoms with Gasteiger partial charge in [-0.3, -0.25) is 4.79 Å². The second kappa shape index (κ2) is 5.54. The number of rotatable bonds is 3. The standard InChI is InChI=1S/C16H11Br2NO/c17-11-3-1-2-10(6-11)7-16(20)14-9-19-15-5-4-12(18)8-13(14)15/h1-6,8-9,19H,7H2. The second-order valence-electron chi connectivity index (χ2n) is 4.62. The van der Waals surface area contributed by atoms with Crippen molar-refractivity contribution in [3.63, 3.8) is 0 Å². The van der Waals surface area contributed by atoms with Crippen molar-refractivity contribution in [1.82, 2.24) is 4.98 Å². The maximum Gasteiger partial charge on any atom is 0.169 e. The first kappa shape index (κ1) is 13.6. The lowest BCUT2D eigenvalue weighted by molar-refractivity contribution is 0.0994. The van der Waals surface area contributed by atoms with Gasteiger partial charge in [-0.2, -0.15) is 0 Å². The van der Waals surface area contributed by atoms with Crippen LogP contribution in [0, 0.1) is 0 Å². The lowest BCUT2D eigenvalue weighted by Gasteiger charge is -2.01. The SMILES string of the molecule is O=C(Cc1cccc(Br)c1)c1c[nH]c2ccc(Br)cc12. The van der Waals surface area contributed by atoms with E-state index in [0.29, 0.717) is 6.42 Å². The van der Waals surface area contributed by atoms with Gasteiger partial charge in [-0.1, -0.05) is 44.0 Å². The monoisotopic (exact) mass is 391 g/mol. The molecule has 1 aromatic heterocycles. The molecule has 3 aromatic rings. The Morgan fingerprint density at radius 1 is 1.05 bits per heavy atom. The predicted molar refractivity (Wildman–Crippen MR) is 88.2 cm³/mol. The highest BCUT2D eigenvalue weighted by Gasteiger charge is 2.13. The van der Waals surface area contributed by atoms with Gasteiger partial charge in [0, 0.05) is 38.0 Å². The summed E-state index contributed by atoms with van der Waals surface area (Å²) in [7, 11) is 0. The Hall–Kier alpha value is -1.39. The number of hydrogen-bond donors (Lipinski definition) is 1. The molecule has 4 heteroatoms. The largest absolute Gasteiger partial charge is 0.360 e. The number of aromatic nitrogens is 1. The van der Waals surface area contributed by atoms with Crippen LogP contribution in [0.15, 0.2) is 57.6 Å². The molecule has 0 amide bonds. The van der Waals surface area contributed by atoms with Crippen LogP contribution in [0.1, 0.15) is 15.9 Å². The number of nitrogens with one attached hydrogen (secondary N) is 1. The summed E-state index contributed by atoms with van der Waals surface area (Å²) in [6.45, 7) is 0. The fourth-order valence-electron chi connectivity index (χ4n) is 2.25. The number of hydrogen-bond acceptors (Lipinski definition) is 1. The normalized spacial score (nSPS) is 10.9. The summed E-state index contributed by atoms with van der Waals surface area (Å²) >= 11 is 6.87. The number of H-pyrrole nitrogens is 1. The summed E-state index contributed by atoms with van der Waals surface area (Å²) in [4.78, 5) is 15.6. The predicted octanol–water partition coefficient (Wildman–Crippen LogP) is 5.12. The zero-order valence-corrected chi connectivity index (χ0v) is 13.7. The van der Waals surface area contributed by atoms with Crippen LogP contribution in [0.25, 0.3) is 10.9 Å². The zero-order valence-electron chi connectivity index (χ0n) is 10.5. The molecule has 0 atom stereocenters. The van der Waals surface area contributed by atoms with Crippen LogP contribution in [-0.2, 0) is 6.42 Å². The molecule has 0 spiro atoms. The third-order valence-electron chi connectivity index (χ3n) is 3.20. The Morgan fingerprint density at radius 2 is 1.85 bits per heavy atom. The average Bonchev–Trinajstić information content (AvgIpc) is 2.81. The molecule has 3 rings (SSSR count). The summed E-state index contributed by atoms with van der Waals surface area (Å²) < 4.78 is 1.96. The number of carbonyl (C=O) groups is 1. The lowest BCUT2D eigenvalue weighted by Crippen LogP contribution is -2.02. The van der Waals surface area contributed by atoms with E-state index >= 15 is 0 Å². The molecule has 20 heavy (non-hydrogen) atoms. The van der Waals surface area contributed by atoms with Crippen molar-refractivity contribution in [3.8, 4) is 0 Å². The molecule has 1 heterocycles. The van der Waals surface area contributed by atoms with Gasteiger partial charge in [-0.15, -0.1) is 0 Å². The number of fused-ring (bicyclic) bond motifs is 1. The Morgan fingerprint density at radius 3 is 2.65 bits per heavy atom. The van der Waals surface area contributed by atoms with Crippen molar-refractivity contribution in [2.45, 2.75) is 6.42 Å². The fraction of sp³-hybridized carbons (Fsp3) is 0.0625. The summed E-state index contributed by atoms with van der Waals surface area (Å²) in [5.74, 6) is 0.118. The Balaban J connectivity index is 1.94. The fourth-order valence-corrected chi connectivity index (χ4v) is 3.06. The van der Waals surface area contributed by atoms with Crippen molar-refractivity contribution in [2.75, 3.05) is 0 Å². The van der Waals surface area contributed by atoms with E-state index in [1.165, 1.54) is 0 Å². The number of ketones is 1. The smallest absolute Gasteiger partial charge is 0.169 e. The van der Waals surface area contributed by atoms with E-state index in [2.05, 4.69) is 36.8 Å². The molecule has 0 aliphatic heterocycles. The zero-order chi connectivity index (χ0) is 14.1. The van der Waals surface area contributed by atoms with Crippen LogP contribution < -0.4 is 0 Å². The minimum Gasteiger partial charge on any atom is -0.360 e. The number of aromatic amines is 1. The maximum atomic E-state index is 12.5. The van der Waals surface area contributed by atoms with Gasteiger partial charge in [-0.05, 0) is 35.9 Å². The molecule has 0 unspecified atom stereocenters. The van der Waals surface area contributed by atoms with Gasteiger partial charge in [0.2, 0.25) is 0 Å². The third-order valence-corrected chi connectivity index (χ3v) is 4.18. The van der Waals surface area contributed by atoms with E-state index in [4.69, 9.17) is 0 Å². The lowest BCUT2D eigenvalue weighted by atomic mass is 10.0. The first-order valence-corrected chi connectivity index (χ1v) is 7.76. The summed E-state index contributed by atoms with van der Waals surface area (Å²) in [5.41, 5.74) is 2.72. The van der Waals surface area contributed by atoms with Crippen LogP contribution in [0.3, 0.4) is 0 Å². The molecule has 0 saturated carbocycles. The van der Waals surface area contributed by atoms with E-state index in [9.17, 15) is 4.79 Å². The van der Waals surface area contributed by atoms with Crippen molar-refractivity contribution in [1.29, 1.82) is 0 Å². The molecule has 0 fully saturated rings. The highest BCUT2D eigenvalue weighted by Crippen LogP contribution is 2.24. The molecular weight excluding hydrogens is 382 g/mol. The van der Waals surface area contributed by atoms with Crippen LogP contribution in [-0.4, -0.2) is 10.8 Å². The summed E-state index contributed by atoms with van der Waals surface area (Å²) in [5, 5.41) is 0.958. The van der Waals surface area contributed by atoms with Crippen molar-refractivity contribution >= 4 is 48.5 Å².